The van der Waals surface area contributed by atoms with Crippen molar-refractivity contribution in [2.75, 3.05) is 31.1 Å². The van der Waals surface area contributed by atoms with Crippen molar-refractivity contribution in [2.24, 2.45) is 0 Å². The van der Waals surface area contributed by atoms with E-state index in [-0.39, 0.29) is 11.5 Å². The van der Waals surface area contributed by atoms with E-state index in [9.17, 15) is 18.0 Å². The minimum Gasteiger partial charge on any atom is -0.353 e. The first-order valence-corrected chi connectivity index (χ1v) is 9.37. The summed E-state index contributed by atoms with van der Waals surface area (Å²) in [4.78, 5) is 24.9. The van der Waals surface area contributed by atoms with Crippen LogP contribution in [0.25, 0.3) is 5.82 Å². The summed E-state index contributed by atoms with van der Waals surface area (Å²) in [7, 11) is 0. The van der Waals surface area contributed by atoms with Crippen molar-refractivity contribution in [1.29, 1.82) is 0 Å². The van der Waals surface area contributed by atoms with E-state index >= 15 is 0 Å². The number of aromatic nitrogens is 4. The number of piperazine rings is 1. The molecule has 0 atom stereocenters. The molecule has 3 aromatic rings. The maximum Gasteiger partial charge on any atom is 0.416 e. The highest BCUT2D eigenvalue weighted by atomic mass is 19.4. The third kappa shape index (κ3) is 4.12. The van der Waals surface area contributed by atoms with Crippen molar-refractivity contribution >= 4 is 11.7 Å². The number of carbonyl (C=O) groups is 1. The summed E-state index contributed by atoms with van der Waals surface area (Å²) in [6.45, 7) is 3.90. The number of nitrogens with zero attached hydrogens (tertiary/aromatic N) is 6. The molecule has 1 fully saturated rings. The van der Waals surface area contributed by atoms with Crippen LogP contribution in [0.15, 0.2) is 48.9 Å². The van der Waals surface area contributed by atoms with Gasteiger partial charge in [0.2, 0.25) is 0 Å². The predicted molar refractivity (Wildman–Crippen MR) is 103 cm³/mol. The Kier molecular flexibility index (Phi) is 5.15. The molecule has 156 valence electrons. The average Bonchev–Trinajstić information content (AvgIpc) is 3.19. The molecule has 30 heavy (non-hydrogen) atoms. The van der Waals surface area contributed by atoms with Crippen LogP contribution in [0.1, 0.15) is 21.6 Å². The van der Waals surface area contributed by atoms with Crippen LogP contribution in [0.4, 0.5) is 19.0 Å². The van der Waals surface area contributed by atoms with E-state index in [0.29, 0.717) is 32.0 Å². The molecule has 1 aliphatic heterocycles. The number of halogens is 3. The molecule has 0 unspecified atom stereocenters. The zero-order valence-electron chi connectivity index (χ0n) is 16.2. The van der Waals surface area contributed by atoms with Gasteiger partial charge in [0, 0.05) is 44.0 Å². The molecule has 0 aliphatic carbocycles. The topological polar surface area (TPSA) is 67.2 Å². The van der Waals surface area contributed by atoms with Gasteiger partial charge in [-0.05, 0) is 37.3 Å². The Hall–Kier alpha value is -3.43. The molecule has 0 N–H and O–H groups in total. The van der Waals surface area contributed by atoms with Gasteiger partial charge in [-0.3, -0.25) is 4.79 Å². The minimum atomic E-state index is -4.42. The highest BCUT2D eigenvalue weighted by Gasteiger charge is 2.30. The van der Waals surface area contributed by atoms with Crippen molar-refractivity contribution in [1.82, 2.24) is 24.6 Å². The van der Waals surface area contributed by atoms with Crippen LogP contribution in [-0.2, 0) is 6.18 Å². The first kappa shape index (κ1) is 19.9. The van der Waals surface area contributed by atoms with Crippen LogP contribution in [-0.4, -0.2) is 56.7 Å². The Morgan fingerprint density at radius 3 is 2.23 bits per heavy atom. The summed E-state index contributed by atoms with van der Waals surface area (Å²) in [6, 6.07) is 8.03. The molecule has 1 amide bonds. The minimum absolute atomic E-state index is 0.245. The number of hydrogen-bond donors (Lipinski definition) is 0. The Labute approximate surface area is 170 Å². The Morgan fingerprint density at radius 2 is 1.63 bits per heavy atom. The Morgan fingerprint density at radius 1 is 0.967 bits per heavy atom. The van der Waals surface area contributed by atoms with E-state index in [1.54, 1.807) is 9.58 Å². The summed E-state index contributed by atoms with van der Waals surface area (Å²) in [5, 5.41) is 4.34. The Bertz CT molecular complexity index is 1040. The van der Waals surface area contributed by atoms with Crippen molar-refractivity contribution in [3.05, 3.63) is 65.7 Å². The van der Waals surface area contributed by atoms with E-state index in [4.69, 9.17) is 0 Å². The number of rotatable bonds is 3. The zero-order valence-corrected chi connectivity index (χ0v) is 16.2. The highest BCUT2D eigenvalue weighted by Crippen LogP contribution is 2.29. The Balaban J connectivity index is 1.41. The fourth-order valence-electron chi connectivity index (χ4n) is 3.30. The highest BCUT2D eigenvalue weighted by molar-refractivity contribution is 5.94. The van der Waals surface area contributed by atoms with Crippen LogP contribution >= 0.6 is 0 Å². The summed E-state index contributed by atoms with van der Waals surface area (Å²) in [5.74, 6) is 1.10. The van der Waals surface area contributed by atoms with Gasteiger partial charge in [0.15, 0.2) is 5.82 Å². The van der Waals surface area contributed by atoms with Crippen molar-refractivity contribution in [3.8, 4) is 5.82 Å². The monoisotopic (exact) mass is 416 g/mol. The second-order valence-electron chi connectivity index (χ2n) is 6.99. The number of alkyl halides is 3. The number of benzene rings is 1. The molecule has 4 rings (SSSR count). The molecule has 10 heteroatoms. The quantitative estimate of drug-likeness (QED) is 0.657. The van der Waals surface area contributed by atoms with Gasteiger partial charge in [0.1, 0.15) is 12.1 Å². The smallest absolute Gasteiger partial charge is 0.353 e. The second-order valence-corrected chi connectivity index (χ2v) is 6.99. The largest absolute Gasteiger partial charge is 0.416 e. The van der Waals surface area contributed by atoms with Gasteiger partial charge in [-0.1, -0.05) is 0 Å². The van der Waals surface area contributed by atoms with Gasteiger partial charge < -0.3 is 9.80 Å². The van der Waals surface area contributed by atoms with E-state index in [0.717, 1.165) is 23.6 Å². The molecular formula is C20H19F3N6O. The first-order chi connectivity index (χ1) is 14.3. The number of hydrogen-bond acceptors (Lipinski definition) is 5. The fraction of sp³-hybridized carbons (Fsp3) is 0.300. The second kappa shape index (κ2) is 7.77. The summed E-state index contributed by atoms with van der Waals surface area (Å²) >= 11 is 0. The SMILES string of the molecule is Cc1ccn(-c2cc(N3CCN(C(=O)c4ccc(C(F)(F)F)cc4)CC3)ncn2)n1. The lowest BCUT2D eigenvalue weighted by Crippen LogP contribution is -2.49. The zero-order chi connectivity index (χ0) is 21.3. The third-order valence-corrected chi connectivity index (χ3v) is 4.95. The molecule has 1 saturated heterocycles. The molecule has 0 saturated carbocycles. The van der Waals surface area contributed by atoms with E-state index < -0.39 is 11.7 Å². The number of amides is 1. The summed E-state index contributed by atoms with van der Waals surface area (Å²) in [6.07, 6.45) is -1.12. The van der Waals surface area contributed by atoms with Gasteiger partial charge in [-0.25, -0.2) is 14.6 Å². The molecule has 1 aromatic carbocycles. The van der Waals surface area contributed by atoms with Crippen molar-refractivity contribution < 1.29 is 18.0 Å². The van der Waals surface area contributed by atoms with Crippen molar-refractivity contribution in [2.45, 2.75) is 13.1 Å². The lowest BCUT2D eigenvalue weighted by Gasteiger charge is -2.35. The van der Waals surface area contributed by atoms with Gasteiger partial charge in [-0.2, -0.15) is 18.3 Å². The number of aryl methyl sites for hydroxylation is 1. The van der Waals surface area contributed by atoms with Gasteiger partial charge >= 0.3 is 6.18 Å². The standard InChI is InChI=1S/C20H19F3N6O/c1-14-6-7-29(26-14)18-12-17(24-13-25-18)27-8-10-28(11-9-27)19(30)15-2-4-16(5-3-15)20(21,22)23/h2-7,12-13H,8-11H2,1H3. The van der Waals surface area contributed by atoms with Crippen LogP contribution in [0.3, 0.4) is 0 Å². The van der Waals surface area contributed by atoms with Crippen LogP contribution in [0, 0.1) is 6.92 Å². The number of anilines is 1. The van der Waals surface area contributed by atoms with Crippen LogP contribution in [0.5, 0.6) is 0 Å². The molecule has 7 nitrogen and oxygen atoms in total. The first-order valence-electron chi connectivity index (χ1n) is 9.37. The van der Waals surface area contributed by atoms with Gasteiger partial charge in [0.05, 0.1) is 11.3 Å². The summed E-state index contributed by atoms with van der Waals surface area (Å²) < 4.78 is 39.8. The van der Waals surface area contributed by atoms with E-state index in [2.05, 4.69) is 15.1 Å². The van der Waals surface area contributed by atoms with Gasteiger partial charge in [0.25, 0.3) is 5.91 Å². The molecule has 3 heterocycles. The fourth-order valence-corrected chi connectivity index (χ4v) is 3.30. The molecule has 0 spiro atoms. The lowest BCUT2D eigenvalue weighted by molar-refractivity contribution is -0.137. The van der Waals surface area contributed by atoms with Crippen LogP contribution < -0.4 is 4.90 Å². The predicted octanol–water partition coefficient (Wildman–Crippen LogP) is 2.95. The van der Waals surface area contributed by atoms with E-state index in [1.165, 1.54) is 18.5 Å². The normalized spacial score (nSPS) is 14.8. The third-order valence-electron chi connectivity index (χ3n) is 4.95. The summed E-state index contributed by atoms with van der Waals surface area (Å²) in [5.41, 5.74) is 0.358. The molecular weight excluding hydrogens is 397 g/mol. The van der Waals surface area contributed by atoms with Crippen LogP contribution in [0.2, 0.25) is 0 Å². The maximum absolute atomic E-state index is 12.7. The maximum atomic E-state index is 12.7. The van der Waals surface area contributed by atoms with E-state index in [1.807, 2.05) is 30.2 Å². The molecule has 2 aromatic heterocycles. The molecule has 0 bridgehead atoms. The molecule has 1 aliphatic rings. The van der Waals surface area contributed by atoms with Gasteiger partial charge in [-0.15, -0.1) is 0 Å². The van der Waals surface area contributed by atoms with Crippen molar-refractivity contribution in [3.63, 3.8) is 0 Å². The molecule has 0 radical (unpaired) electrons. The number of carbonyl (C=O) groups excluding carboxylic acids is 1. The lowest BCUT2D eigenvalue weighted by atomic mass is 10.1. The average molecular weight is 416 g/mol.